The first-order valence-electron chi connectivity index (χ1n) is 7.17. The lowest BCUT2D eigenvalue weighted by atomic mass is 9.84. The molecule has 0 bridgehead atoms. The zero-order valence-corrected chi connectivity index (χ0v) is 13.4. The Bertz CT molecular complexity index is 450. The molecule has 3 nitrogen and oxygen atoms in total. The topological polar surface area (TPSA) is 32.3 Å². The predicted octanol–water partition coefficient (Wildman–Crippen LogP) is 3.03. The third-order valence-electron chi connectivity index (χ3n) is 3.81. The Morgan fingerprint density at radius 1 is 1.25 bits per heavy atom. The van der Waals surface area contributed by atoms with Crippen molar-refractivity contribution in [1.29, 1.82) is 0 Å². The maximum Gasteiger partial charge on any atom is 0.317 e. The van der Waals surface area contributed by atoms with Gasteiger partial charge in [0, 0.05) is 36.6 Å². The van der Waals surface area contributed by atoms with Crippen molar-refractivity contribution in [1.82, 2.24) is 10.2 Å². The third-order valence-corrected chi connectivity index (χ3v) is 4.76. The number of carbonyl (C=O) groups excluding carboxylic acids is 1. The number of nitrogens with zero attached hydrogens (tertiary/aromatic N) is 1. The van der Waals surface area contributed by atoms with Crippen molar-refractivity contribution in [3.8, 4) is 0 Å². The zero-order chi connectivity index (χ0) is 14.6. The number of urea groups is 1. The summed E-state index contributed by atoms with van der Waals surface area (Å²) in [5.41, 5.74) is 2.48. The standard InChI is InChI=1S/C16H24N2OS/c1-13-4-6-14(7-5-13)16(2,3)12-17-15(19)18-8-10-20-11-9-18/h4-7H,8-12H2,1-3H3,(H,17,19). The molecule has 0 aromatic heterocycles. The largest absolute Gasteiger partial charge is 0.337 e. The second kappa shape index (κ2) is 6.53. The van der Waals surface area contributed by atoms with Crippen LogP contribution in [0.25, 0.3) is 0 Å². The van der Waals surface area contributed by atoms with E-state index in [2.05, 4.69) is 50.4 Å². The van der Waals surface area contributed by atoms with E-state index in [9.17, 15) is 4.79 Å². The van der Waals surface area contributed by atoms with E-state index in [1.165, 1.54) is 11.1 Å². The highest BCUT2D eigenvalue weighted by molar-refractivity contribution is 7.99. The predicted molar refractivity (Wildman–Crippen MR) is 86.5 cm³/mol. The zero-order valence-electron chi connectivity index (χ0n) is 12.6. The van der Waals surface area contributed by atoms with Crippen LogP contribution in [0.15, 0.2) is 24.3 Å². The number of rotatable bonds is 3. The third kappa shape index (κ3) is 3.92. The van der Waals surface area contributed by atoms with Gasteiger partial charge < -0.3 is 10.2 Å². The molecule has 4 heteroatoms. The summed E-state index contributed by atoms with van der Waals surface area (Å²) in [4.78, 5) is 14.1. The Balaban J connectivity index is 1.91. The van der Waals surface area contributed by atoms with Crippen LogP contribution in [0, 0.1) is 6.92 Å². The fourth-order valence-corrected chi connectivity index (χ4v) is 3.18. The minimum absolute atomic E-state index is 0.0477. The van der Waals surface area contributed by atoms with Gasteiger partial charge in [-0.2, -0.15) is 11.8 Å². The summed E-state index contributed by atoms with van der Waals surface area (Å²) in [7, 11) is 0. The van der Waals surface area contributed by atoms with Gasteiger partial charge in [-0.1, -0.05) is 43.7 Å². The van der Waals surface area contributed by atoms with Crippen molar-refractivity contribution < 1.29 is 4.79 Å². The van der Waals surface area contributed by atoms with E-state index in [1.54, 1.807) is 0 Å². The van der Waals surface area contributed by atoms with Gasteiger partial charge in [0.05, 0.1) is 0 Å². The quantitative estimate of drug-likeness (QED) is 0.929. The van der Waals surface area contributed by atoms with E-state index >= 15 is 0 Å². The molecule has 1 aromatic rings. The number of thioether (sulfide) groups is 1. The number of amides is 2. The molecule has 1 fully saturated rings. The summed E-state index contributed by atoms with van der Waals surface area (Å²) >= 11 is 1.92. The molecule has 0 spiro atoms. The van der Waals surface area contributed by atoms with E-state index in [0.717, 1.165) is 24.6 Å². The van der Waals surface area contributed by atoms with Crippen LogP contribution in [-0.4, -0.2) is 42.1 Å². The lowest BCUT2D eigenvalue weighted by Crippen LogP contribution is -2.47. The van der Waals surface area contributed by atoms with Crippen molar-refractivity contribution in [3.63, 3.8) is 0 Å². The highest BCUT2D eigenvalue weighted by atomic mass is 32.2. The van der Waals surface area contributed by atoms with Gasteiger partial charge in [-0.3, -0.25) is 0 Å². The average Bonchev–Trinajstić information content (AvgIpc) is 2.46. The Morgan fingerprint density at radius 2 is 1.85 bits per heavy atom. The molecular formula is C16H24N2OS. The summed E-state index contributed by atoms with van der Waals surface area (Å²) in [5, 5.41) is 3.08. The molecule has 2 amide bonds. The van der Waals surface area contributed by atoms with Crippen molar-refractivity contribution in [2.45, 2.75) is 26.2 Å². The molecule has 0 unspecified atom stereocenters. The van der Waals surface area contributed by atoms with E-state index in [4.69, 9.17) is 0 Å². The number of hydrogen-bond acceptors (Lipinski definition) is 2. The minimum atomic E-state index is -0.0477. The number of aryl methyl sites for hydroxylation is 1. The molecule has 1 heterocycles. The maximum absolute atomic E-state index is 12.1. The highest BCUT2D eigenvalue weighted by Gasteiger charge is 2.23. The molecule has 1 saturated heterocycles. The first kappa shape index (κ1) is 15.2. The molecule has 2 rings (SSSR count). The lowest BCUT2D eigenvalue weighted by molar-refractivity contribution is 0.200. The van der Waals surface area contributed by atoms with E-state index in [1.807, 2.05) is 16.7 Å². The van der Waals surface area contributed by atoms with Gasteiger partial charge in [0.1, 0.15) is 0 Å². The molecule has 1 aliphatic heterocycles. The Morgan fingerprint density at radius 3 is 2.45 bits per heavy atom. The number of benzene rings is 1. The monoisotopic (exact) mass is 292 g/mol. The second-order valence-electron chi connectivity index (χ2n) is 6.01. The fourth-order valence-electron chi connectivity index (χ4n) is 2.28. The average molecular weight is 292 g/mol. The molecule has 0 aliphatic carbocycles. The number of nitrogens with one attached hydrogen (secondary N) is 1. The highest BCUT2D eigenvalue weighted by Crippen LogP contribution is 2.22. The van der Waals surface area contributed by atoms with Gasteiger partial charge in [0.2, 0.25) is 0 Å². The van der Waals surface area contributed by atoms with E-state index in [-0.39, 0.29) is 11.4 Å². The van der Waals surface area contributed by atoms with Gasteiger partial charge in [-0.25, -0.2) is 4.79 Å². The van der Waals surface area contributed by atoms with Crippen molar-refractivity contribution in [2.75, 3.05) is 31.1 Å². The van der Waals surface area contributed by atoms with Gasteiger partial charge in [0.25, 0.3) is 0 Å². The Hall–Kier alpha value is -1.16. The van der Waals surface area contributed by atoms with Crippen molar-refractivity contribution in [2.24, 2.45) is 0 Å². The molecule has 0 saturated carbocycles. The van der Waals surface area contributed by atoms with Gasteiger partial charge >= 0.3 is 6.03 Å². The summed E-state index contributed by atoms with van der Waals surface area (Å²) < 4.78 is 0. The van der Waals surface area contributed by atoms with E-state index in [0.29, 0.717) is 6.54 Å². The van der Waals surface area contributed by atoms with Crippen molar-refractivity contribution in [3.05, 3.63) is 35.4 Å². The molecule has 20 heavy (non-hydrogen) atoms. The number of hydrogen-bond donors (Lipinski definition) is 1. The summed E-state index contributed by atoms with van der Waals surface area (Å²) in [5.74, 6) is 2.10. The minimum Gasteiger partial charge on any atom is -0.337 e. The molecule has 1 N–H and O–H groups in total. The number of carbonyl (C=O) groups is 1. The Kier molecular flexibility index (Phi) is 4.97. The first-order valence-corrected chi connectivity index (χ1v) is 8.32. The second-order valence-corrected chi connectivity index (χ2v) is 7.23. The van der Waals surface area contributed by atoms with Crippen LogP contribution in [0.4, 0.5) is 4.79 Å². The van der Waals surface area contributed by atoms with Crippen LogP contribution in [0.3, 0.4) is 0 Å². The van der Waals surface area contributed by atoms with Crippen LogP contribution in [-0.2, 0) is 5.41 Å². The summed E-state index contributed by atoms with van der Waals surface area (Å²) in [6, 6.07) is 8.63. The van der Waals surface area contributed by atoms with Crippen molar-refractivity contribution >= 4 is 17.8 Å². The summed E-state index contributed by atoms with van der Waals surface area (Å²) in [6.45, 7) is 8.82. The van der Waals surface area contributed by atoms with Crippen LogP contribution < -0.4 is 5.32 Å². The van der Waals surface area contributed by atoms with Crippen LogP contribution in [0.5, 0.6) is 0 Å². The molecule has 1 aromatic carbocycles. The molecular weight excluding hydrogens is 268 g/mol. The smallest absolute Gasteiger partial charge is 0.317 e. The lowest BCUT2D eigenvalue weighted by Gasteiger charge is -2.30. The molecule has 110 valence electrons. The summed E-state index contributed by atoms with van der Waals surface area (Å²) in [6.07, 6.45) is 0. The normalized spacial score (nSPS) is 16.1. The first-order chi connectivity index (χ1) is 9.49. The van der Waals surface area contributed by atoms with Crippen LogP contribution >= 0.6 is 11.8 Å². The molecule has 0 radical (unpaired) electrons. The van der Waals surface area contributed by atoms with Gasteiger partial charge in [0.15, 0.2) is 0 Å². The Labute approximate surface area is 126 Å². The molecule has 0 atom stereocenters. The van der Waals surface area contributed by atoms with Crippen LogP contribution in [0.2, 0.25) is 0 Å². The van der Waals surface area contributed by atoms with E-state index < -0.39 is 0 Å². The SMILES string of the molecule is Cc1ccc(C(C)(C)CNC(=O)N2CCSCC2)cc1. The fraction of sp³-hybridized carbons (Fsp3) is 0.562. The van der Waals surface area contributed by atoms with Gasteiger partial charge in [-0.15, -0.1) is 0 Å². The molecule has 1 aliphatic rings. The maximum atomic E-state index is 12.1. The van der Waals surface area contributed by atoms with Gasteiger partial charge in [-0.05, 0) is 12.5 Å². The van der Waals surface area contributed by atoms with Crippen LogP contribution in [0.1, 0.15) is 25.0 Å².